The first-order valence-corrected chi connectivity index (χ1v) is 22.1. The summed E-state index contributed by atoms with van der Waals surface area (Å²) in [4.78, 5) is 2.45. The fourth-order valence-corrected chi connectivity index (χ4v) is 11.5. The van der Waals surface area contributed by atoms with Gasteiger partial charge in [0.1, 0.15) is 5.58 Å². The summed E-state index contributed by atoms with van der Waals surface area (Å²) in [6, 6.07) is 84.5. The van der Waals surface area contributed by atoms with Gasteiger partial charge in [-0.3, -0.25) is 0 Å². The van der Waals surface area contributed by atoms with Crippen LogP contribution in [0.15, 0.2) is 235 Å². The molecule has 0 saturated heterocycles. The number of hydrogen-bond acceptors (Lipinski definition) is 2. The molecule has 0 fully saturated rings. The summed E-state index contributed by atoms with van der Waals surface area (Å²) < 4.78 is 9.42. The van der Waals surface area contributed by atoms with Crippen LogP contribution in [0.5, 0.6) is 0 Å². The molecule has 2 aromatic heterocycles. The Labute approximate surface area is 370 Å². The van der Waals surface area contributed by atoms with Crippen LogP contribution in [0.2, 0.25) is 0 Å². The smallest absolute Gasteiger partial charge is 0.159 e. The Morgan fingerprint density at radius 1 is 0.375 bits per heavy atom. The lowest BCUT2D eigenvalue weighted by Gasteiger charge is -2.40. The summed E-state index contributed by atoms with van der Waals surface area (Å²) in [6.45, 7) is 0. The minimum atomic E-state index is -0.598. The maximum atomic E-state index is 6.91. The van der Waals surface area contributed by atoms with Crippen LogP contribution < -0.4 is 4.90 Å². The number of rotatable bonds is 5. The monoisotopic (exact) mass is 814 g/mol. The third-order valence-electron chi connectivity index (χ3n) is 14.0. The van der Waals surface area contributed by atoms with Crippen LogP contribution in [-0.2, 0) is 5.41 Å². The highest BCUT2D eigenvalue weighted by Crippen LogP contribution is 2.62. The van der Waals surface area contributed by atoms with Gasteiger partial charge in [-0.05, 0) is 92.5 Å². The predicted octanol–water partition coefficient (Wildman–Crippen LogP) is 16.2. The van der Waals surface area contributed by atoms with Gasteiger partial charge in [0, 0.05) is 32.8 Å². The van der Waals surface area contributed by atoms with E-state index in [-0.39, 0.29) is 0 Å². The van der Waals surface area contributed by atoms with Crippen LogP contribution in [0.25, 0.3) is 82.8 Å². The van der Waals surface area contributed by atoms with E-state index in [4.69, 9.17) is 4.42 Å². The Morgan fingerprint density at radius 2 is 0.984 bits per heavy atom. The zero-order chi connectivity index (χ0) is 41.9. The van der Waals surface area contributed by atoms with Gasteiger partial charge in [0.2, 0.25) is 0 Å². The van der Waals surface area contributed by atoms with Crippen LogP contribution in [0.3, 0.4) is 0 Å². The highest BCUT2D eigenvalue weighted by atomic mass is 16.3. The number of para-hydroxylation sites is 6. The van der Waals surface area contributed by atoms with Crippen molar-refractivity contribution in [3.8, 4) is 39.1 Å². The third-order valence-corrected chi connectivity index (χ3v) is 14.0. The molecule has 12 aromatic rings. The second kappa shape index (κ2) is 13.3. The molecule has 10 aromatic carbocycles. The summed E-state index contributed by atoms with van der Waals surface area (Å²) in [5, 5.41) is 4.73. The van der Waals surface area contributed by atoms with E-state index in [2.05, 4.69) is 240 Å². The number of fused-ring (bicyclic) bond motifs is 15. The van der Waals surface area contributed by atoms with Gasteiger partial charge in [-0.2, -0.15) is 0 Å². The first-order chi connectivity index (χ1) is 31.8. The van der Waals surface area contributed by atoms with Gasteiger partial charge in [-0.25, -0.2) is 0 Å². The lowest BCUT2D eigenvalue weighted by atomic mass is 9.65. The van der Waals surface area contributed by atoms with Crippen LogP contribution in [0, 0.1) is 0 Å². The second-order valence-electron chi connectivity index (χ2n) is 17.1. The Bertz CT molecular complexity index is 3870. The van der Waals surface area contributed by atoms with Crippen molar-refractivity contribution in [2.24, 2.45) is 0 Å². The maximum Gasteiger partial charge on any atom is 0.159 e. The van der Waals surface area contributed by atoms with E-state index in [1.165, 1.54) is 72.0 Å². The van der Waals surface area contributed by atoms with E-state index in [1.807, 2.05) is 0 Å². The van der Waals surface area contributed by atoms with Gasteiger partial charge < -0.3 is 13.9 Å². The molecule has 2 aliphatic rings. The average molecular weight is 815 g/mol. The van der Waals surface area contributed by atoms with E-state index in [0.29, 0.717) is 0 Å². The van der Waals surface area contributed by atoms with Crippen LogP contribution >= 0.6 is 0 Å². The van der Waals surface area contributed by atoms with Gasteiger partial charge >= 0.3 is 0 Å². The number of hydrogen-bond donors (Lipinski definition) is 0. The molecule has 1 unspecified atom stereocenters. The fraction of sp³-hybridized carbons (Fsp3) is 0.0164. The van der Waals surface area contributed by atoms with E-state index >= 15 is 0 Å². The molecule has 64 heavy (non-hydrogen) atoms. The molecule has 1 spiro atoms. The van der Waals surface area contributed by atoms with Gasteiger partial charge in [0.05, 0.1) is 33.5 Å². The van der Waals surface area contributed by atoms with E-state index in [9.17, 15) is 0 Å². The van der Waals surface area contributed by atoms with E-state index in [0.717, 1.165) is 50.1 Å². The summed E-state index contributed by atoms with van der Waals surface area (Å²) in [5.41, 5.74) is 20.3. The summed E-state index contributed by atoms with van der Waals surface area (Å²) in [6.07, 6.45) is 0. The van der Waals surface area contributed by atoms with Crippen molar-refractivity contribution in [2.75, 3.05) is 4.90 Å². The predicted molar refractivity (Wildman–Crippen MR) is 264 cm³/mol. The highest BCUT2D eigenvalue weighted by Gasteiger charge is 2.51. The number of benzene rings is 10. The molecular formula is C61H38N2O. The summed E-state index contributed by atoms with van der Waals surface area (Å²) in [5.74, 6) is 0. The standard InChI is InChI=1S/C61H38N2O/c1-2-18-39(19-3-1)41-20-4-5-21-42(41)45-23-7-12-31-54(45)62(57-34-17-27-49-47-25-9-15-35-58(47)64-60(49)57)40-36-37-44-43-22-6-10-28-50(43)61(53(44)38-40)51-29-11-14-33-56(51)63-55-32-13-8-24-46(55)48-26-16-30-52(61)59(48)63/h1-38H. The number of furan rings is 1. The van der Waals surface area contributed by atoms with E-state index in [1.54, 1.807) is 0 Å². The van der Waals surface area contributed by atoms with E-state index < -0.39 is 5.41 Å². The molecule has 14 rings (SSSR count). The van der Waals surface area contributed by atoms with Crippen LogP contribution in [0.4, 0.5) is 17.1 Å². The second-order valence-corrected chi connectivity index (χ2v) is 17.1. The lowest BCUT2D eigenvalue weighted by Crippen LogP contribution is -2.33. The van der Waals surface area contributed by atoms with Crippen molar-refractivity contribution in [3.63, 3.8) is 0 Å². The Hall–Kier alpha value is -8.40. The van der Waals surface area contributed by atoms with Crippen LogP contribution in [0.1, 0.15) is 22.3 Å². The quantitative estimate of drug-likeness (QED) is 0.173. The zero-order valence-corrected chi connectivity index (χ0v) is 34.7. The molecular weight excluding hydrogens is 777 g/mol. The third kappa shape index (κ3) is 4.65. The number of aromatic nitrogens is 1. The molecule has 1 aliphatic carbocycles. The highest BCUT2D eigenvalue weighted by molar-refractivity contribution is 6.14. The first-order valence-electron chi connectivity index (χ1n) is 22.1. The molecule has 3 heteroatoms. The van der Waals surface area contributed by atoms with Crippen molar-refractivity contribution < 1.29 is 4.42 Å². The number of nitrogens with zero attached hydrogens (tertiary/aromatic N) is 2. The van der Waals surface area contributed by atoms with Gasteiger partial charge in [0.15, 0.2) is 5.58 Å². The van der Waals surface area contributed by atoms with Crippen molar-refractivity contribution in [2.45, 2.75) is 5.41 Å². The van der Waals surface area contributed by atoms with Gasteiger partial charge in [-0.15, -0.1) is 0 Å². The minimum absolute atomic E-state index is 0.598. The molecule has 0 bridgehead atoms. The normalized spacial score (nSPS) is 14.6. The Morgan fingerprint density at radius 3 is 1.88 bits per heavy atom. The van der Waals surface area contributed by atoms with Crippen LogP contribution in [-0.4, -0.2) is 4.57 Å². The Kier molecular flexibility index (Phi) is 7.32. The molecule has 1 aliphatic heterocycles. The minimum Gasteiger partial charge on any atom is -0.454 e. The maximum absolute atomic E-state index is 6.91. The average Bonchev–Trinajstić information content (AvgIpc) is 4.01. The molecule has 3 nitrogen and oxygen atoms in total. The molecule has 0 amide bonds. The van der Waals surface area contributed by atoms with Crippen molar-refractivity contribution >= 4 is 60.8 Å². The zero-order valence-electron chi connectivity index (χ0n) is 34.7. The topological polar surface area (TPSA) is 21.3 Å². The fourth-order valence-electron chi connectivity index (χ4n) is 11.5. The van der Waals surface area contributed by atoms with Crippen molar-refractivity contribution in [1.29, 1.82) is 0 Å². The first kappa shape index (κ1) is 35.2. The summed E-state index contributed by atoms with van der Waals surface area (Å²) >= 11 is 0. The molecule has 3 heterocycles. The number of anilines is 3. The summed E-state index contributed by atoms with van der Waals surface area (Å²) in [7, 11) is 0. The van der Waals surface area contributed by atoms with Crippen molar-refractivity contribution in [1.82, 2.24) is 4.57 Å². The molecule has 1 atom stereocenters. The lowest BCUT2D eigenvalue weighted by molar-refractivity contribution is 0.669. The van der Waals surface area contributed by atoms with Gasteiger partial charge in [-0.1, -0.05) is 188 Å². The molecule has 298 valence electrons. The largest absolute Gasteiger partial charge is 0.454 e. The SMILES string of the molecule is c1ccc(-c2ccccc2-c2ccccc2N(c2ccc3c(c2)C2(c4ccccc4-3)c3ccccc3-n3c4ccccc4c4cccc2c43)c2cccc3c2oc2ccccc23)cc1. The molecule has 0 saturated carbocycles. The van der Waals surface area contributed by atoms with Crippen molar-refractivity contribution in [3.05, 3.63) is 253 Å². The molecule has 0 radical (unpaired) electrons. The molecule has 0 N–H and O–H groups in total. The van der Waals surface area contributed by atoms with Gasteiger partial charge in [0.25, 0.3) is 0 Å². The Balaban J connectivity index is 1.10.